The summed E-state index contributed by atoms with van der Waals surface area (Å²) in [6.07, 6.45) is 0. The van der Waals surface area contributed by atoms with Crippen LogP contribution in [0.2, 0.25) is 0 Å². The molecule has 1 aromatic rings. The standard InChI is InChI=1S/C11H17N3O3S/c1-13(11-5-3-2-4-10(11)12)18(15,16)14-6-8-17-9-7-14/h2-5H,6-9,12H2,1H3. The number of benzene rings is 1. The van der Waals surface area contributed by atoms with Gasteiger partial charge in [-0.2, -0.15) is 12.7 Å². The van der Waals surface area contributed by atoms with Crippen molar-refractivity contribution in [1.82, 2.24) is 4.31 Å². The van der Waals surface area contributed by atoms with E-state index < -0.39 is 10.2 Å². The highest BCUT2D eigenvalue weighted by Gasteiger charge is 2.29. The van der Waals surface area contributed by atoms with Crippen LogP contribution in [0.3, 0.4) is 0 Å². The van der Waals surface area contributed by atoms with Crippen LogP contribution in [0.1, 0.15) is 0 Å². The molecule has 7 heteroatoms. The SMILES string of the molecule is CN(c1ccccc1N)S(=O)(=O)N1CCOCC1. The molecule has 0 amide bonds. The number of para-hydroxylation sites is 2. The average molecular weight is 271 g/mol. The molecule has 18 heavy (non-hydrogen) atoms. The number of morpholine rings is 1. The first kappa shape index (κ1) is 13.1. The molecule has 1 aliphatic heterocycles. The van der Waals surface area contributed by atoms with E-state index in [1.54, 1.807) is 24.3 Å². The Kier molecular flexibility index (Phi) is 3.74. The Morgan fingerprint density at radius 2 is 1.89 bits per heavy atom. The average Bonchev–Trinajstić information content (AvgIpc) is 2.39. The lowest BCUT2D eigenvalue weighted by atomic mass is 10.3. The van der Waals surface area contributed by atoms with E-state index in [0.29, 0.717) is 37.7 Å². The summed E-state index contributed by atoms with van der Waals surface area (Å²) in [5.74, 6) is 0. The zero-order valence-corrected chi connectivity index (χ0v) is 11.1. The van der Waals surface area contributed by atoms with Crippen molar-refractivity contribution < 1.29 is 13.2 Å². The molecule has 0 aliphatic carbocycles. The van der Waals surface area contributed by atoms with Gasteiger partial charge >= 0.3 is 10.2 Å². The number of ether oxygens (including phenoxy) is 1. The minimum atomic E-state index is -3.53. The molecule has 100 valence electrons. The highest BCUT2D eigenvalue weighted by atomic mass is 32.2. The summed E-state index contributed by atoms with van der Waals surface area (Å²) >= 11 is 0. The van der Waals surface area contributed by atoms with Gasteiger partial charge in [-0.05, 0) is 12.1 Å². The van der Waals surface area contributed by atoms with Gasteiger partial charge in [-0.15, -0.1) is 0 Å². The van der Waals surface area contributed by atoms with Gasteiger partial charge in [0.2, 0.25) is 0 Å². The summed E-state index contributed by atoms with van der Waals surface area (Å²) in [5.41, 5.74) is 6.73. The second-order valence-corrected chi connectivity index (χ2v) is 6.01. The van der Waals surface area contributed by atoms with Crippen molar-refractivity contribution in [3.05, 3.63) is 24.3 Å². The van der Waals surface area contributed by atoms with E-state index in [-0.39, 0.29) is 0 Å². The fraction of sp³-hybridized carbons (Fsp3) is 0.455. The van der Waals surface area contributed by atoms with Crippen LogP contribution in [-0.2, 0) is 14.9 Å². The zero-order valence-electron chi connectivity index (χ0n) is 10.2. The van der Waals surface area contributed by atoms with Crippen LogP contribution in [0.25, 0.3) is 0 Å². The van der Waals surface area contributed by atoms with Crippen molar-refractivity contribution in [1.29, 1.82) is 0 Å². The second kappa shape index (κ2) is 5.13. The van der Waals surface area contributed by atoms with E-state index in [9.17, 15) is 8.42 Å². The molecule has 2 N–H and O–H groups in total. The molecule has 1 fully saturated rings. The van der Waals surface area contributed by atoms with Crippen molar-refractivity contribution >= 4 is 21.6 Å². The summed E-state index contributed by atoms with van der Waals surface area (Å²) < 4.78 is 32.5. The van der Waals surface area contributed by atoms with Gasteiger partial charge in [-0.1, -0.05) is 12.1 Å². The van der Waals surface area contributed by atoms with E-state index in [1.165, 1.54) is 15.7 Å². The highest BCUT2D eigenvalue weighted by Crippen LogP contribution is 2.25. The zero-order chi connectivity index (χ0) is 13.2. The molecule has 1 aromatic carbocycles. The van der Waals surface area contributed by atoms with Gasteiger partial charge in [-0.3, -0.25) is 4.31 Å². The monoisotopic (exact) mass is 271 g/mol. The molecule has 0 aromatic heterocycles. The summed E-state index contributed by atoms with van der Waals surface area (Å²) in [5, 5.41) is 0. The fourth-order valence-electron chi connectivity index (χ4n) is 1.85. The van der Waals surface area contributed by atoms with Crippen molar-refractivity contribution in [3.63, 3.8) is 0 Å². The fourth-order valence-corrected chi connectivity index (χ4v) is 3.22. The largest absolute Gasteiger partial charge is 0.397 e. The van der Waals surface area contributed by atoms with Gasteiger partial charge < -0.3 is 10.5 Å². The van der Waals surface area contributed by atoms with E-state index in [0.717, 1.165) is 0 Å². The Balaban J connectivity index is 2.27. The number of anilines is 2. The lowest BCUT2D eigenvalue weighted by Gasteiger charge is -2.31. The first-order valence-corrected chi connectivity index (χ1v) is 7.09. The number of nitrogen functional groups attached to an aromatic ring is 1. The number of rotatable bonds is 3. The number of hydrogen-bond acceptors (Lipinski definition) is 4. The van der Waals surface area contributed by atoms with Gasteiger partial charge in [0.15, 0.2) is 0 Å². The third-order valence-electron chi connectivity index (χ3n) is 2.92. The minimum Gasteiger partial charge on any atom is -0.397 e. The van der Waals surface area contributed by atoms with Gasteiger partial charge in [0.05, 0.1) is 24.6 Å². The number of nitrogens with two attached hydrogens (primary N) is 1. The quantitative estimate of drug-likeness (QED) is 0.801. The van der Waals surface area contributed by atoms with Crippen LogP contribution in [0.4, 0.5) is 11.4 Å². The Morgan fingerprint density at radius 1 is 1.28 bits per heavy atom. The molecule has 1 saturated heterocycles. The van der Waals surface area contributed by atoms with Crippen LogP contribution in [0, 0.1) is 0 Å². The summed E-state index contributed by atoms with van der Waals surface area (Å²) in [4.78, 5) is 0. The Labute approximate surface area is 107 Å². The van der Waals surface area contributed by atoms with Gasteiger partial charge in [0, 0.05) is 20.1 Å². The number of nitrogens with zero attached hydrogens (tertiary/aromatic N) is 2. The molecule has 0 atom stereocenters. The van der Waals surface area contributed by atoms with Crippen molar-refractivity contribution in [2.45, 2.75) is 0 Å². The molecule has 0 unspecified atom stereocenters. The molecule has 0 saturated carbocycles. The number of hydrogen-bond donors (Lipinski definition) is 1. The van der Waals surface area contributed by atoms with Gasteiger partial charge in [0.1, 0.15) is 0 Å². The lowest BCUT2D eigenvalue weighted by Crippen LogP contribution is -2.47. The second-order valence-electron chi connectivity index (χ2n) is 4.05. The predicted octanol–water partition coefficient (Wildman–Crippen LogP) is 0.282. The van der Waals surface area contributed by atoms with Crippen molar-refractivity contribution in [2.75, 3.05) is 43.4 Å². The minimum absolute atomic E-state index is 0.374. The van der Waals surface area contributed by atoms with Crippen molar-refractivity contribution in [3.8, 4) is 0 Å². The first-order chi connectivity index (χ1) is 8.53. The molecule has 0 bridgehead atoms. The van der Waals surface area contributed by atoms with E-state index in [1.807, 2.05) is 0 Å². The molecule has 0 radical (unpaired) electrons. The normalized spacial score (nSPS) is 17.6. The third-order valence-corrected chi connectivity index (χ3v) is 4.83. The highest BCUT2D eigenvalue weighted by molar-refractivity contribution is 7.90. The van der Waals surface area contributed by atoms with Crippen LogP contribution >= 0.6 is 0 Å². The maximum absolute atomic E-state index is 12.4. The van der Waals surface area contributed by atoms with E-state index in [4.69, 9.17) is 10.5 Å². The maximum atomic E-state index is 12.4. The van der Waals surface area contributed by atoms with E-state index in [2.05, 4.69) is 0 Å². The van der Waals surface area contributed by atoms with Gasteiger partial charge in [-0.25, -0.2) is 0 Å². The summed E-state index contributed by atoms with van der Waals surface area (Å²) in [6.45, 7) is 1.60. The van der Waals surface area contributed by atoms with E-state index >= 15 is 0 Å². The molecular formula is C11H17N3O3S. The first-order valence-electron chi connectivity index (χ1n) is 5.70. The maximum Gasteiger partial charge on any atom is 0.304 e. The molecule has 2 rings (SSSR count). The Hall–Kier alpha value is -1.31. The molecule has 0 spiro atoms. The van der Waals surface area contributed by atoms with Crippen LogP contribution < -0.4 is 10.0 Å². The summed E-state index contributed by atoms with van der Waals surface area (Å²) in [7, 11) is -2.02. The molecular weight excluding hydrogens is 254 g/mol. The molecule has 6 nitrogen and oxygen atoms in total. The topological polar surface area (TPSA) is 75.9 Å². The van der Waals surface area contributed by atoms with Gasteiger partial charge in [0.25, 0.3) is 0 Å². The Bertz CT molecular complexity index is 512. The van der Waals surface area contributed by atoms with Crippen LogP contribution in [-0.4, -0.2) is 46.1 Å². The van der Waals surface area contributed by atoms with Crippen molar-refractivity contribution in [2.24, 2.45) is 0 Å². The molecule has 1 heterocycles. The predicted molar refractivity (Wildman–Crippen MR) is 70.6 cm³/mol. The third kappa shape index (κ3) is 2.43. The smallest absolute Gasteiger partial charge is 0.304 e. The summed E-state index contributed by atoms with van der Waals surface area (Å²) in [6, 6.07) is 6.90. The Morgan fingerprint density at radius 3 is 2.50 bits per heavy atom. The molecule has 1 aliphatic rings. The lowest BCUT2D eigenvalue weighted by molar-refractivity contribution is 0.0730. The van der Waals surface area contributed by atoms with Crippen LogP contribution in [0.15, 0.2) is 24.3 Å². The van der Waals surface area contributed by atoms with Crippen LogP contribution in [0.5, 0.6) is 0 Å².